The number of imidazole rings is 1. The van der Waals surface area contributed by atoms with Gasteiger partial charge >= 0.3 is 0 Å². The van der Waals surface area contributed by atoms with Gasteiger partial charge in [0.1, 0.15) is 0 Å². The molecule has 0 aliphatic heterocycles. The van der Waals surface area contributed by atoms with Crippen molar-refractivity contribution in [2.24, 2.45) is 7.05 Å². The maximum Gasteiger partial charge on any atom is 0.238 e. The Morgan fingerprint density at radius 2 is 2.29 bits per heavy atom. The zero-order valence-corrected chi connectivity index (χ0v) is 10.3. The quantitative estimate of drug-likeness (QED) is 0.837. The highest BCUT2D eigenvalue weighted by Crippen LogP contribution is 2.12. The van der Waals surface area contributed by atoms with Crippen LogP contribution in [0.25, 0.3) is 11.6 Å². The molecule has 2 rings (SSSR count). The van der Waals surface area contributed by atoms with E-state index in [1.165, 1.54) is 0 Å². The van der Waals surface area contributed by atoms with E-state index in [1.807, 2.05) is 17.8 Å². The fourth-order valence-corrected chi connectivity index (χ4v) is 1.50. The van der Waals surface area contributed by atoms with Crippen LogP contribution in [0.5, 0.6) is 0 Å². The summed E-state index contributed by atoms with van der Waals surface area (Å²) in [7, 11) is 1.90. The van der Waals surface area contributed by atoms with E-state index in [1.54, 1.807) is 6.20 Å². The third-order valence-corrected chi connectivity index (χ3v) is 2.38. The zero-order chi connectivity index (χ0) is 12.3. The van der Waals surface area contributed by atoms with Crippen molar-refractivity contribution < 1.29 is 4.52 Å². The molecule has 92 valence electrons. The van der Waals surface area contributed by atoms with Gasteiger partial charge < -0.3 is 14.4 Å². The molecule has 6 nitrogen and oxygen atoms in total. The Labute approximate surface area is 100 Å². The molecule has 0 saturated carbocycles. The molecule has 0 atom stereocenters. The Morgan fingerprint density at radius 1 is 1.47 bits per heavy atom. The fraction of sp³-hybridized carbons (Fsp3) is 0.545. The minimum atomic E-state index is 0.465. The van der Waals surface area contributed by atoms with Crippen LogP contribution < -0.4 is 5.32 Å². The predicted molar refractivity (Wildman–Crippen MR) is 63.3 cm³/mol. The molecule has 0 bridgehead atoms. The molecule has 0 aliphatic carbocycles. The molecule has 0 unspecified atom stereocenters. The van der Waals surface area contributed by atoms with Crippen molar-refractivity contribution in [1.82, 2.24) is 25.0 Å². The Morgan fingerprint density at radius 3 is 2.94 bits per heavy atom. The van der Waals surface area contributed by atoms with Crippen LogP contribution in [0.15, 0.2) is 16.9 Å². The van der Waals surface area contributed by atoms with Crippen molar-refractivity contribution in [3.05, 3.63) is 18.3 Å². The van der Waals surface area contributed by atoms with Crippen molar-refractivity contribution in [3.63, 3.8) is 0 Å². The van der Waals surface area contributed by atoms with Crippen LogP contribution in [-0.4, -0.2) is 32.3 Å². The first-order valence-corrected chi connectivity index (χ1v) is 5.70. The highest BCUT2D eigenvalue weighted by Gasteiger charge is 2.11. The summed E-state index contributed by atoms with van der Waals surface area (Å²) in [6, 6.07) is 0.465. The summed E-state index contributed by atoms with van der Waals surface area (Å²) in [5, 5.41) is 7.22. The smallest absolute Gasteiger partial charge is 0.238 e. The van der Waals surface area contributed by atoms with Gasteiger partial charge in [-0.05, 0) is 0 Å². The van der Waals surface area contributed by atoms with E-state index in [2.05, 4.69) is 34.3 Å². The van der Waals surface area contributed by atoms with Crippen LogP contribution in [0, 0.1) is 0 Å². The van der Waals surface area contributed by atoms with Crippen LogP contribution in [0.1, 0.15) is 19.7 Å². The molecule has 0 aliphatic rings. The first kappa shape index (κ1) is 11.8. The standard InChI is InChI=1S/C11H17N5O/c1-8(2)12-5-4-9-14-10(15-17-9)11-13-6-7-16(11)3/h6-8,12H,4-5H2,1-3H3. The van der Waals surface area contributed by atoms with E-state index in [9.17, 15) is 0 Å². The molecule has 0 spiro atoms. The second-order valence-electron chi connectivity index (χ2n) is 4.23. The largest absolute Gasteiger partial charge is 0.339 e. The normalized spacial score (nSPS) is 11.3. The monoisotopic (exact) mass is 235 g/mol. The lowest BCUT2D eigenvalue weighted by atomic mass is 10.3. The Hall–Kier alpha value is -1.69. The van der Waals surface area contributed by atoms with Gasteiger partial charge in [-0.3, -0.25) is 0 Å². The average molecular weight is 235 g/mol. The van der Waals surface area contributed by atoms with Crippen LogP contribution in [-0.2, 0) is 13.5 Å². The summed E-state index contributed by atoms with van der Waals surface area (Å²) in [6.07, 6.45) is 4.30. The zero-order valence-electron chi connectivity index (χ0n) is 10.3. The van der Waals surface area contributed by atoms with Gasteiger partial charge in [0.25, 0.3) is 0 Å². The maximum atomic E-state index is 5.17. The number of aromatic nitrogens is 4. The summed E-state index contributed by atoms with van der Waals surface area (Å²) in [4.78, 5) is 8.48. The second-order valence-corrected chi connectivity index (χ2v) is 4.23. The second kappa shape index (κ2) is 5.09. The number of nitrogens with zero attached hydrogens (tertiary/aromatic N) is 4. The van der Waals surface area contributed by atoms with Crippen LogP contribution >= 0.6 is 0 Å². The van der Waals surface area contributed by atoms with Crippen molar-refractivity contribution in [2.75, 3.05) is 6.54 Å². The molecule has 2 aromatic heterocycles. The number of rotatable bonds is 5. The van der Waals surface area contributed by atoms with Crippen molar-refractivity contribution in [3.8, 4) is 11.6 Å². The highest BCUT2D eigenvalue weighted by molar-refractivity contribution is 5.42. The summed E-state index contributed by atoms with van der Waals surface area (Å²) in [6.45, 7) is 5.04. The van der Waals surface area contributed by atoms with Crippen LogP contribution in [0.4, 0.5) is 0 Å². The number of hydrogen-bond donors (Lipinski definition) is 1. The van der Waals surface area contributed by atoms with Gasteiger partial charge in [-0.2, -0.15) is 4.98 Å². The maximum absolute atomic E-state index is 5.17. The number of nitrogens with one attached hydrogen (secondary N) is 1. The minimum absolute atomic E-state index is 0.465. The Kier molecular flexibility index (Phi) is 3.53. The average Bonchev–Trinajstić information content (AvgIpc) is 2.86. The Balaban J connectivity index is 1.99. The first-order valence-electron chi connectivity index (χ1n) is 5.70. The van der Waals surface area contributed by atoms with E-state index in [4.69, 9.17) is 4.52 Å². The predicted octanol–water partition coefficient (Wildman–Crippen LogP) is 1.01. The van der Waals surface area contributed by atoms with Crippen molar-refractivity contribution >= 4 is 0 Å². The molecular weight excluding hydrogens is 218 g/mol. The molecule has 0 saturated heterocycles. The highest BCUT2D eigenvalue weighted by atomic mass is 16.5. The lowest BCUT2D eigenvalue weighted by molar-refractivity contribution is 0.374. The van der Waals surface area contributed by atoms with Gasteiger partial charge in [-0.25, -0.2) is 4.98 Å². The molecule has 0 radical (unpaired) electrons. The SMILES string of the molecule is CC(C)NCCc1nc(-c2nccn2C)no1. The molecular formula is C11H17N5O. The molecule has 17 heavy (non-hydrogen) atoms. The van der Waals surface area contributed by atoms with Crippen LogP contribution in [0.2, 0.25) is 0 Å². The third kappa shape index (κ3) is 2.91. The summed E-state index contributed by atoms with van der Waals surface area (Å²) < 4.78 is 7.03. The molecule has 0 amide bonds. The molecule has 2 aromatic rings. The summed E-state index contributed by atoms with van der Waals surface area (Å²) >= 11 is 0. The van der Waals surface area contributed by atoms with Gasteiger partial charge in [0.05, 0.1) is 0 Å². The molecule has 2 heterocycles. The van der Waals surface area contributed by atoms with E-state index in [0.717, 1.165) is 18.8 Å². The molecule has 1 N–H and O–H groups in total. The molecule has 0 fully saturated rings. The molecule has 0 aromatic carbocycles. The molecule has 6 heteroatoms. The van der Waals surface area contributed by atoms with Gasteiger partial charge in [-0.15, -0.1) is 0 Å². The fourth-order valence-electron chi connectivity index (χ4n) is 1.50. The number of aryl methyl sites for hydroxylation is 1. The minimum Gasteiger partial charge on any atom is -0.339 e. The van der Waals surface area contributed by atoms with Gasteiger partial charge in [0, 0.05) is 38.4 Å². The topological polar surface area (TPSA) is 68.8 Å². The summed E-state index contributed by atoms with van der Waals surface area (Å²) in [5.74, 6) is 1.89. The Bertz CT molecular complexity index is 474. The summed E-state index contributed by atoms with van der Waals surface area (Å²) in [5.41, 5.74) is 0. The van der Waals surface area contributed by atoms with E-state index in [0.29, 0.717) is 17.8 Å². The van der Waals surface area contributed by atoms with Crippen molar-refractivity contribution in [1.29, 1.82) is 0 Å². The third-order valence-electron chi connectivity index (χ3n) is 2.38. The van der Waals surface area contributed by atoms with E-state index in [-0.39, 0.29) is 0 Å². The van der Waals surface area contributed by atoms with Gasteiger partial charge in [0.2, 0.25) is 11.7 Å². The lowest BCUT2D eigenvalue weighted by Crippen LogP contribution is -2.25. The first-order chi connectivity index (χ1) is 8.16. The van der Waals surface area contributed by atoms with E-state index >= 15 is 0 Å². The van der Waals surface area contributed by atoms with Crippen LogP contribution in [0.3, 0.4) is 0 Å². The van der Waals surface area contributed by atoms with E-state index < -0.39 is 0 Å². The van der Waals surface area contributed by atoms with Crippen molar-refractivity contribution in [2.45, 2.75) is 26.3 Å². The number of hydrogen-bond acceptors (Lipinski definition) is 5. The van der Waals surface area contributed by atoms with Gasteiger partial charge in [-0.1, -0.05) is 19.0 Å². The lowest BCUT2D eigenvalue weighted by Gasteiger charge is -2.04. The van der Waals surface area contributed by atoms with Gasteiger partial charge in [0.15, 0.2) is 5.82 Å².